The molecule has 0 amide bonds. The first-order chi connectivity index (χ1) is 8.45. The molecule has 94 valence electrons. The normalized spacial score (nSPS) is 11.6. The van der Waals surface area contributed by atoms with Gasteiger partial charge in [-0.2, -0.15) is 13.2 Å². The van der Waals surface area contributed by atoms with Gasteiger partial charge in [0.05, 0.1) is 5.56 Å². The highest BCUT2D eigenvalue weighted by atomic mass is 19.4. The van der Waals surface area contributed by atoms with Gasteiger partial charge in [0.1, 0.15) is 5.82 Å². The van der Waals surface area contributed by atoms with Crippen LogP contribution in [0, 0.1) is 5.82 Å². The summed E-state index contributed by atoms with van der Waals surface area (Å²) in [7, 11) is 0. The molecule has 2 aromatic rings. The van der Waals surface area contributed by atoms with E-state index in [4.69, 9.17) is 0 Å². The first kappa shape index (κ1) is 12.6. The van der Waals surface area contributed by atoms with Gasteiger partial charge in [0, 0.05) is 0 Å². The summed E-state index contributed by atoms with van der Waals surface area (Å²) in [6.45, 7) is 0. The van der Waals surface area contributed by atoms with Crippen molar-refractivity contribution in [2.75, 3.05) is 0 Å². The molecule has 0 fully saturated rings. The van der Waals surface area contributed by atoms with E-state index in [1.807, 2.05) is 0 Å². The molecule has 0 saturated carbocycles. The average molecular weight is 254 g/mol. The SMILES string of the molecule is Fc1ccc(Cc2ccc(C(F)(F)F)cc2)cc1. The molecule has 0 spiro atoms. The number of rotatable bonds is 2. The van der Waals surface area contributed by atoms with Crippen LogP contribution in [0.5, 0.6) is 0 Å². The lowest BCUT2D eigenvalue weighted by Crippen LogP contribution is -2.04. The van der Waals surface area contributed by atoms with Crippen LogP contribution >= 0.6 is 0 Å². The van der Waals surface area contributed by atoms with Gasteiger partial charge in [-0.05, 0) is 41.8 Å². The molecule has 0 nitrogen and oxygen atoms in total. The van der Waals surface area contributed by atoms with Crippen molar-refractivity contribution in [2.45, 2.75) is 12.6 Å². The Morgan fingerprint density at radius 2 is 1.17 bits per heavy atom. The topological polar surface area (TPSA) is 0 Å². The molecular formula is C14H10F4. The highest BCUT2D eigenvalue weighted by Crippen LogP contribution is 2.29. The van der Waals surface area contributed by atoms with E-state index in [2.05, 4.69) is 0 Å². The number of halogens is 4. The molecule has 18 heavy (non-hydrogen) atoms. The third-order valence-electron chi connectivity index (χ3n) is 2.60. The number of hydrogen-bond donors (Lipinski definition) is 0. The Labute approximate surface area is 102 Å². The second kappa shape index (κ2) is 4.80. The Hall–Kier alpha value is -1.84. The molecular weight excluding hydrogens is 244 g/mol. The molecule has 0 bridgehead atoms. The van der Waals surface area contributed by atoms with Crippen LogP contribution in [0.25, 0.3) is 0 Å². The first-order valence-electron chi connectivity index (χ1n) is 5.36. The van der Waals surface area contributed by atoms with E-state index in [0.717, 1.165) is 23.3 Å². The van der Waals surface area contributed by atoms with Gasteiger partial charge in [0.25, 0.3) is 0 Å². The molecule has 0 unspecified atom stereocenters. The summed E-state index contributed by atoms with van der Waals surface area (Å²) >= 11 is 0. The summed E-state index contributed by atoms with van der Waals surface area (Å²) in [5.41, 5.74) is 0.955. The zero-order chi connectivity index (χ0) is 13.2. The maximum atomic E-state index is 12.7. The Balaban J connectivity index is 2.13. The highest BCUT2D eigenvalue weighted by Gasteiger charge is 2.29. The van der Waals surface area contributed by atoms with Crippen LogP contribution in [0.2, 0.25) is 0 Å². The quantitative estimate of drug-likeness (QED) is 0.695. The van der Waals surface area contributed by atoms with Crippen molar-refractivity contribution < 1.29 is 17.6 Å². The Morgan fingerprint density at radius 1 is 0.722 bits per heavy atom. The lowest BCUT2D eigenvalue weighted by molar-refractivity contribution is -0.137. The second-order valence-electron chi connectivity index (χ2n) is 4.00. The van der Waals surface area contributed by atoms with E-state index in [1.165, 1.54) is 24.3 Å². The van der Waals surface area contributed by atoms with E-state index < -0.39 is 11.7 Å². The largest absolute Gasteiger partial charge is 0.416 e. The predicted octanol–water partition coefficient (Wildman–Crippen LogP) is 4.44. The minimum absolute atomic E-state index is 0.328. The van der Waals surface area contributed by atoms with Crippen LogP contribution < -0.4 is 0 Å². The van der Waals surface area contributed by atoms with Gasteiger partial charge >= 0.3 is 6.18 Å². The van der Waals surface area contributed by atoms with Crippen LogP contribution in [-0.4, -0.2) is 0 Å². The molecule has 0 aliphatic rings. The van der Waals surface area contributed by atoms with Gasteiger partial charge < -0.3 is 0 Å². The Morgan fingerprint density at radius 3 is 1.61 bits per heavy atom. The molecule has 0 radical (unpaired) electrons. The van der Waals surface area contributed by atoms with Crippen molar-refractivity contribution in [3.8, 4) is 0 Å². The third-order valence-corrected chi connectivity index (χ3v) is 2.60. The number of alkyl halides is 3. The predicted molar refractivity (Wildman–Crippen MR) is 60.7 cm³/mol. The maximum absolute atomic E-state index is 12.7. The summed E-state index contributed by atoms with van der Waals surface area (Å²) in [5, 5.41) is 0. The van der Waals surface area contributed by atoms with Crippen molar-refractivity contribution in [3.05, 3.63) is 71.0 Å². The molecule has 0 atom stereocenters. The van der Waals surface area contributed by atoms with Gasteiger partial charge in [-0.3, -0.25) is 0 Å². The third kappa shape index (κ3) is 3.09. The van der Waals surface area contributed by atoms with Crippen LogP contribution in [-0.2, 0) is 12.6 Å². The van der Waals surface area contributed by atoms with E-state index in [-0.39, 0.29) is 5.82 Å². The van der Waals surface area contributed by atoms with Gasteiger partial charge in [-0.15, -0.1) is 0 Å². The Kier molecular flexibility index (Phi) is 3.36. The zero-order valence-corrected chi connectivity index (χ0v) is 9.34. The average Bonchev–Trinajstić information content (AvgIpc) is 2.32. The maximum Gasteiger partial charge on any atom is 0.416 e. The minimum Gasteiger partial charge on any atom is -0.207 e. The number of hydrogen-bond acceptors (Lipinski definition) is 0. The molecule has 2 rings (SSSR count). The van der Waals surface area contributed by atoms with E-state index in [1.54, 1.807) is 12.1 Å². The summed E-state index contributed by atoms with van der Waals surface area (Å²) in [6.07, 6.45) is -3.83. The Bertz CT molecular complexity index is 509. The summed E-state index contributed by atoms with van der Waals surface area (Å²) in [5.74, 6) is -0.328. The van der Waals surface area contributed by atoms with Crippen molar-refractivity contribution in [1.29, 1.82) is 0 Å². The lowest BCUT2D eigenvalue weighted by atomic mass is 10.0. The molecule has 2 aromatic carbocycles. The molecule has 0 aliphatic carbocycles. The zero-order valence-electron chi connectivity index (χ0n) is 9.34. The van der Waals surface area contributed by atoms with E-state index in [9.17, 15) is 17.6 Å². The molecule has 4 heteroatoms. The molecule has 0 aliphatic heterocycles. The van der Waals surface area contributed by atoms with Gasteiger partial charge in [0.15, 0.2) is 0 Å². The number of benzene rings is 2. The van der Waals surface area contributed by atoms with Crippen molar-refractivity contribution in [1.82, 2.24) is 0 Å². The van der Waals surface area contributed by atoms with Crippen molar-refractivity contribution in [3.63, 3.8) is 0 Å². The fraction of sp³-hybridized carbons (Fsp3) is 0.143. The van der Waals surface area contributed by atoms with Crippen molar-refractivity contribution >= 4 is 0 Å². The summed E-state index contributed by atoms with van der Waals surface area (Å²) in [6, 6.07) is 10.9. The standard InChI is InChI=1S/C14H10F4/c15-13-7-3-11(4-8-13)9-10-1-5-12(6-2-10)14(16,17)18/h1-8H,9H2. The lowest BCUT2D eigenvalue weighted by Gasteiger charge is -2.07. The van der Waals surface area contributed by atoms with Gasteiger partial charge in [0.2, 0.25) is 0 Å². The van der Waals surface area contributed by atoms with E-state index >= 15 is 0 Å². The van der Waals surface area contributed by atoms with Crippen LogP contribution in [0.4, 0.5) is 17.6 Å². The minimum atomic E-state index is -4.31. The highest BCUT2D eigenvalue weighted by molar-refractivity contribution is 5.29. The first-order valence-corrected chi connectivity index (χ1v) is 5.36. The second-order valence-corrected chi connectivity index (χ2v) is 4.00. The smallest absolute Gasteiger partial charge is 0.207 e. The monoisotopic (exact) mass is 254 g/mol. The van der Waals surface area contributed by atoms with E-state index in [0.29, 0.717) is 6.42 Å². The fourth-order valence-corrected chi connectivity index (χ4v) is 1.65. The molecule has 0 aromatic heterocycles. The van der Waals surface area contributed by atoms with Gasteiger partial charge in [-0.1, -0.05) is 24.3 Å². The molecule has 0 N–H and O–H groups in total. The molecule has 0 heterocycles. The van der Waals surface area contributed by atoms with Crippen LogP contribution in [0.15, 0.2) is 48.5 Å². The molecule has 0 saturated heterocycles. The summed E-state index contributed by atoms with van der Waals surface area (Å²) < 4.78 is 49.7. The fourth-order valence-electron chi connectivity index (χ4n) is 1.65. The van der Waals surface area contributed by atoms with Crippen LogP contribution in [0.3, 0.4) is 0 Å². The van der Waals surface area contributed by atoms with Crippen LogP contribution in [0.1, 0.15) is 16.7 Å². The summed E-state index contributed by atoms with van der Waals surface area (Å²) in [4.78, 5) is 0. The van der Waals surface area contributed by atoms with Crippen molar-refractivity contribution in [2.24, 2.45) is 0 Å². The van der Waals surface area contributed by atoms with Gasteiger partial charge in [-0.25, -0.2) is 4.39 Å².